The largest absolute Gasteiger partial charge is 0.369 e. The quantitative estimate of drug-likeness (QED) is 0.679. The van der Waals surface area contributed by atoms with Gasteiger partial charge in [0, 0.05) is 18.2 Å². The highest BCUT2D eigenvalue weighted by molar-refractivity contribution is 7.90. The van der Waals surface area contributed by atoms with Crippen molar-refractivity contribution in [2.24, 2.45) is 0 Å². The second-order valence-electron chi connectivity index (χ2n) is 5.17. The van der Waals surface area contributed by atoms with E-state index >= 15 is 0 Å². The highest BCUT2D eigenvalue weighted by Gasteiger charge is 2.10. The van der Waals surface area contributed by atoms with Gasteiger partial charge >= 0.3 is 0 Å². The van der Waals surface area contributed by atoms with Crippen LogP contribution in [-0.4, -0.2) is 31.2 Å². The van der Waals surface area contributed by atoms with Gasteiger partial charge in [-0.25, -0.2) is 18.4 Å². The molecule has 21 heavy (non-hydrogen) atoms. The Morgan fingerprint density at radius 2 is 2.05 bits per heavy atom. The predicted molar refractivity (Wildman–Crippen MR) is 85.2 cm³/mol. The van der Waals surface area contributed by atoms with Gasteiger partial charge in [0.15, 0.2) is 9.84 Å². The molecule has 0 aliphatic rings. The number of benzene rings is 1. The number of hydrogen-bond acceptors (Lipinski definition) is 5. The monoisotopic (exact) mass is 305 g/mol. The molecule has 6 heteroatoms. The van der Waals surface area contributed by atoms with E-state index in [-0.39, 0.29) is 4.90 Å². The number of nitrogens with zero attached hydrogens (tertiary/aromatic N) is 2. The smallest absolute Gasteiger partial charge is 0.175 e. The fraction of sp³-hybridized carbons (Fsp3) is 0.333. The minimum atomic E-state index is -3.24. The van der Waals surface area contributed by atoms with Crippen molar-refractivity contribution in [3.05, 3.63) is 36.2 Å². The molecular weight excluding hydrogens is 286 g/mol. The van der Waals surface area contributed by atoms with Gasteiger partial charge < -0.3 is 5.32 Å². The Kier molecular flexibility index (Phi) is 4.57. The molecule has 0 fully saturated rings. The summed E-state index contributed by atoms with van der Waals surface area (Å²) in [7, 11) is -3.24. The lowest BCUT2D eigenvalue weighted by atomic mass is 10.2. The average Bonchev–Trinajstić information content (AvgIpc) is 2.42. The van der Waals surface area contributed by atoms with E-state index in [1.165, 1.54) is 18.2 Å². The molecule has 2 aromatic rings. The van der Waals surface area contributed by atoms with Crippen LogP contribution in [0.2, 0.25) is 0 Å². The van der Waals surface area contributed by atoms with Crippen molar-refractivity contribution >= 4 is 26.6 Å². The van der Waals surface area contributed by atoms with Crippen LogP contribution in [0.4, 0.5) is 5.82 Å². The molecule has 112 valence electrons. The molecule has 0 unspecified atom stereocenters. The maximum atomic E-state index is 11.7. The second kappa shape index (κ2) is 6.22. The highest BCUT2D eigenvalue weighted by atomic mass is 32.2. The van der Waals surface area contributed by atoms with Crippen molar-refractivity contribution in [2.45, 2.75) is 25.2 Å². The minimum absolute atomic E-state index is 0.275. The van der Waals surface area contributed by atoms with Crippen LogP contribution in [0, 0.1) is 0 Å². The predicted octanol–water partition coefficient (Wildman–Crippen LogP) is 2.80. The Labute approximate surface area is 125 Å². The minimum Gasteiger partial charge on any atom is -0.369 e. The summed E-state index contributed by atoms with van der Waals surface area (Å²) in [5.74, 6) is 0.660. The van der Waals surface area contributed by atoms with Gasteiger partial charge in [0.1, 0.15) is 12.1 Å². The molecule has 0 aliphatic carbocycles. The molecule has 5 nitrogen and oxygen atoms in total. The van der Waals surface area contributed by atoms with Gasteiger partial charge in [-0.2, -0.15) is 0 Å². The first kappa shape index (κ1) is 15.4. The summed E-state index contributed by atoms with van der Waals surface area (Å²) < 4.78 is 23.3. The summed E-state index contributed by atoms with van der Waals surface area (Å²) >= 11 is 0. The molecule has 0 radical (unpaired) electrons. The summed E-state index contributed by atoms with van der Waals surface area (Å²) in [4.78, 5) is 8.65. The van der Waals surface area contributed by atoms with Crippen molar-refractivity contribution in [3.63, 3.8) is 0 Å². The first-order valence-corrected chi connectivity index (χ1v) is 8.59. The van der Waals surface area contributed by atoms with E-state index in [9.17, 15) is 8.42 Å². The van der Waals surface area contributed by atoms with Gasteiger partial charge in [-0.05, 0) is 38.5 Å². The maximum Gasteiger partial charge on any atom is 0.175 e. The second-order valence-corrected chi connectivity index (χ2v) is 7.19. The van der Waals surface area contributed by atoms with Gasteiger partial charge in [0.2, 0.25) is 0 Å². The van der Waals surface area contributed by atoms with E-state index in [1.807, 2.05) is 0 Å². The Hall–Kier alpha value is -1.95. The number of hydrogen-bond donors (Lipinski definition) is 1. The van der Waals surface area contributed by atoms with E-state index in [2.05, 4.69) is 35.2 Å². The summed E-state index contributed by atoms with van der Waals surface area (Å²) in [5, 5.41) is 3.95. The first-order chi connectivity index (χ1) is 9.88. The maximum absolute atomic E-state index is 11.7. The zero-order valence-electron chi connectivity index (χ0n) is 12.4. The molecule has 0 aliphatic heterocycles. The lowest BCUT2D eigenvalue weighted by Gasteiger charge is -2.08. The Balaban J connectivity index is 2.33. The Morgan fingerprint density at radius 3 is 2.71 bits per heavy atom. The third kappa shape index (κ3) is 4.01. The van der Waals surface area contributed by atoms with Crippen LogP contribution >= 0.6 is 0 Å². The van der Waals surface area contributed by atoms with Gasteiger partial charge in [-0.15, -0.1) is 0 Å². The van der Waals surface area contributed by atoms with E-state index in [0.717, 1.165) is 23.9 Å². The molecule has 0 spiro atoms. The number of allylic oxidation sites excluding steroid dienone is 1. The van der Waals surface area contributed by atoms with Crippen molar-refractivity contribution in [2.75, 3.05) is 18.1 Å². The molecule has 2 rings (SSSR count). The SMILES string of the molecule is CC(C)=CCCNc1ncnc2ccc(S(C)(=O)=O)cc12. The highest BCUT2D eigenvalue weighted by Crippen LogP contribution is 2.22. The molecule has 1 aromatic heterocycles. The third-order valence-corrected chi connectivity index (χ3v) is 4.13. The molecule has 1 heterocycles. The number of aromatic nitrogens is 2. The number of fused-ring (bicyclic) bond motifs is 1. The van der Waals surface area contributed by atoms with Crippen LogP contribution < -0.4 is 5.32 Å². The van der Waals surface area contributed by atoms with E-state index in [1.54, 1.807) is 18.2 Å². The van der Waals surface area contributed by atoms with Crippen molar-refractivity contribution < 1.29 is 8.42 Å². The number of anilines is 1. The molecule has 0 saturated heterocycles. The van der Waals surface area contributed by atoms with Crippen molar-refractivity contribution in [3.8, 4) is 0 Å². The molecule has 0 amide bonds. The molecule has 1 aromatic carbocycles. The zero-order chi connectivity index (χ0) is 15.5. The molecule has 0 bridgehead atoms. The fourth-order valence-corrected chi connectivity index (χ4v) is 2.61. The van der Waals surface area contributed by atoms with Crippen LogP contribution in [0.25, 0.3) is 10.9 Å². The first-order valence-electron chi connectivity index (χ1n) is 6.70. The summed E-state index contributed by atoms with van der Waals surface area (Å²) in [6.45, 7) is 4.84. The summed E-state index contributed by atoms with van der Waals surface area (Å²) in [6, 6.07) is 4.89. The van der Waals surface area contributed by atoms with Crippen LogP contribution in [0.1, 0.15) is 20.3 Å². The van der Waals surface area contributed by atoms with Crippen molar-refractivity contribution in [1.82, 2.24) is 9.97 Å². The number of rotatable bonds is 5. The van der Waals surface area contributed by atoms with Gasteiger partial charge in [0.25, 0.3) is 0 Å². The average molecular weight is 305 g/mol. The number of nitrogens with one attached hydrogen (secondary N) is 1. The van der Waals surface area contributed by atoms with Crippen molar-refractivity contribution in [1.29, 1.82) is 0 Å². The lowest BCUT2D eigenvalue weighted by molar-refractivity contribution is 0.602. The zero-order valence-corrected chi connectivity index (χ0v) is 13.2. The van der Waals surface area contributed by atoms with Crippen LogP contribution in [0.15, 0.2) is 41.1 Å². The molecule has 0 saturated carbocycles. The van der Waals surface area contributed by atoms with E-state index in [0.29, 0.717) is 5.82 Å². The van der Waals surface area contributed by atoms with Gasteiger partial charge in [-0.3, -0.25) is 0 Å². The van der Waals surface area contributed by atoms with Gasteiger partial charge in [0.05, 0.1) is 10.4 Å². The topological polar surface area (TPSA) is 72.0 Å². The van der Waals surface area contributed by atoms with Gasteiger partial charge in [-0.1, -0.05) is 11.6 Å². The third-order valence-electron chi connectivity index (χ3n) is 3.02. The standard InChI is InChI=1S/C15H19N3O2S/c1-11(2)5-4-8-16-15-13-9-12(21(3,19)20)6-7-14(13)17-10-18-15/h5-7,9-10H,4,8H2,1-3H3,(H,16,17,18). The van der Waals surface area contributed by atoms with E-state index < -0.39 is 9.84 Å². The Morgan fingerprint density at radius 1 is 1.29 bits per heavy atom. The molecule has 1 N–H and O–H groups in total. The normalized spacial score (nSPS) is 11.4. The fourth-order valence-electron chi connectivity index (χ4n) is 1.96. The summed E-state index contributed by atoms with van der Waals surface area (Å²) in [5.41, 5.74) is 1.99. The summed E-state index contributed by atoms with van der Waals surface area (Å²) in [6.07, 6.45) is 5.70. The van der Waals surface area contributed by atoms with Crippen LogP contribution in [0.5, 0.6) is 0 Å². The lowest BCUT2D eigenvalue weighted by Crippen LogP contribution is -2.04. The van der Waals surface area contributed by atoms with E-state index in [4.69, 9.17) is 0 Å². The Bertz CT molecular complexity index is 779. The number of sulfone groups is 1. The molecular formula is C15H19N3O2S. The van der Waals surface area contributed by atoms with Crippen LogP contribution in [-0.2, 0) is 9.84 Å². The van der Waals surface area contributed by atoms with Crippen LogP contribution in [0.3, 0.4) is 0 Å². The molecule has 0 atom stereocenters.